The Kier molecular flexibility index (Phi) is 4.95. The monoisotopic (exact) mass is 283 g/mol. The number of hydrogen-bond donors (Lipinski definition) is 2. The molecule has 2 bridgehead atoms. The van der Waals surface area contributed by atoms with Crippen LogP contribution < -0.4 is 11.1 Å². The summed E-state index contributed by atoms with van der Waals surface area (Å²) in [5, 5.41) is 3.60. The maximum atomic E-state index is 14.2. The fourth-order valence-corrected chi connectivity index (χ4v) is 4.57. The molecule has 0 aromatic heterocycles. The second kappa shape index (κ2) is 6.71. The molecule has 116 valence electrons. The molecule has 0 amide bonds. The number of rotatable bonds is 0. The van der Waals surface area contributed by atoms with E-state index in [1.54, 1.807) is 0 Å². The van der Waals surface area contributed by atoms with Crippen molar-refractivity contribution in [2.75, 3.05) is 19.6 Å². The minimum atomic E-state index is -0.637. The van der Waals surface area contributed by atoms with Gasteiger partial charge in [-0.3, -0.25) is 4.90 Å². The molecule has 0 aromatic carbocycles. The molecule has 3 aliphatic rings. The van der Waals surface area contributed by atoms with Crippen LogP contribution in [0, 0.1) is 5.92 Å². The molecule has 20 heavy (non-hydrogen) atoms. The summed E-state index contributed by atoms with van der Waals surface area (Å²) in [5.41, 5.74) is 6.36. The fraction of sp³-hybridized carbons (Fsp3) is 1.00. The first kappa shape index (κ1) is 14.7. The molecule has 0 radical (unpaired) electrons. The number of hydrogen-bond acceptors (Lipinski definition) is 3. The van der Waals surface area contributed by atoms with Crippen LogP contribution in [0.3, 0.4) is 0 Å². The molecule has 2 saturated heterocycles. The Morgan fingerprint density at radius 1 is 1.00 bits per heavy atom. The van der Waals surface area contributed by atoms with Gasteiger partial charge in [-0.05, 0) is 64.0 Å². The highest BCUT2D eigenvalue weighted by atomic mass is 19.1. The molecule has 3 nitrogen and oxygen atoms in total. The van der Waals surface area contributed by atoms with Crippen molar-refractivity contribution in [2.24, 2.45) is 11.7 Å². The molecule has 4 heteroatoms. The van der Waals surface area contributed by atoms with Crippen molar-refractivity contribution >= 4 is 0 Å². The molecule has 3 fully saturated rings. The molecule has 1 saturated carbocycles. The van der Waals surface area contributed by atoms with Crippen LogP contribution in [-0.2, 0) is 0 Å². The van der Waals surface area contributed by atoms with Crippen LogP contribution in [-0.4, -0.2) is 48.8 Å². The molecule has 1 aliphatic carbocycles. The van der Waals surface area contributed by atoms with Gasteiger partial charge >= 0.3 is 0 Å². The lowest BCUT2D eigenvalue weighted by molar-refractivity contribution is 0.0618. The van der Waals surface area contributed by atoms with Crippen molar-refractivity contribution in [3.8, 4) is 0 Å². The van der Waals surface area contributed by atoms with Crippen molar-refractivity contribution < 1.29 is 4.39 Å². The third kappa shape index (κ3) is 3.34. The standard InChI is InChI=1S/C16H30FN3/c17-13-8-12-9-15(10-13)20-7-3-4-14(20)11-19-6-2-1-5-16(12)18/h12-16,19H,1-11,18H2/t12?,13?,14-,15?,16+/m1/s1. The van der Waals surface area contributed by atoms with Crippen molar-refractivity contribution in [3.05, 3.63) is 0 Å². The molecule has 0 spiro atoms. The van der Waals surface area contributed by atoms with Gasteiger partial charge in [0, 0.05) is 24.7 Å². The number of nitrogens with two attached hydrogens (primary N) is 1. The van der Waals surface area contributed by atoms with Crippen molar-refractivity contribution in [3.63, 3.8) is 0 Å². The normalized spacial score (nSPS) is 44.4. The number of nitrogens with zero attached hydrogens (tertiary/aromatic N) is 1. The van der Waals surface area contributed by atoms with Crippen LogP contribution in [0.5, 0.6) is 0 Å². The molecule has 2 heterocycles. The van der Waals surface area contributed by atoms with Gasteiger partial charge < -0.3 is 11.1 Å². The Morgan fingerprint density at radius 2 is 1.90 bits per heavy atom. The summed E-state index contributed by atoms with van der Waals surface area (Å²) in [6.07, 6.45) is 7.92. The molecule has 3 unspecified atom stereocenters. The van der Waals surface area contributed by atoms with Gasteiger partial charge in [0.1, 0.15) is 6.17 Å². The SMILES string of the molecule is N[C@H]1CCCCNC[C@H]2CCCN2C2CC(F)CC1C2. The molecule has 2 aliphatic heterocycles. The smallest absolute Gasteiger partial charge is 0.102 e. The summed E-state index contributed by atoms with van der Waals surface area (Å²) in [7, 11) is 0. The quantitative estimate of drug-likeness (QED) is 0.715. The van der Waals surface area contributed by atoms with Gasteiger partial charge in [0.15, 0.2) is 0 Å². The third-order valence-electron chi connectivity index (χ3n) is 5.68. The van der Waals surface area contributed by atoms with Crippen LogP contribution in [0.4, 0.5) is 4.39 Å². The number of nitrogens with one attached hydrogen (secondary N) is 1. The third-order valence-corrected chi connectivity index (χ3v) is 5.68. The van der Waals surface area contributed by atoms with E-state index >= 15 is 0 Å². The van der Waals surface area contributed by atoms with Gasteiger partial charge in [-0.15, -0.1) is 0 Å². The molecule has 3 rings (SSSR count). The van der Waals surface area contributed by atoms with Crippen LogP contribution in [0.1, 0.15) is 51.4 Å². The van der Waals surface area contributed by atoms with E-state index in [2.05, 4.69) is 10.2 Å². The van der Waals surface area contributed by atoms with Crippen LogP contribution in [0.25, 0.3) is 0 Å². The zero-order valence-corrected chi connectivity index (χ0v) is 12.6. The van der Waals surface area contributed by atoms with E-state index < -0.39 is 6.17 Å². The largest absolute Gasteiger partial charge is 0.327 e. The van der Waals surface area contributed by atoms with E-state index in [9.17, 15) is 4.39 Å². The Balaban J connectivity index is 1.73. The Labute approximate surface area is 122 Å². The predicted molar refractivity (Wildman–Crippen MR) is 80.4 cm³/mol. The minimum Gasteiger partial charge on any atom is -0.327 e. The molecule has 5 atom stereocenters. The van der Waals surface area contributed by atoms with Crippen LogP contribution in [0.15, 0.2) is 0 Å². The molecular weight excluding hydrogens is 253 g/mol. The highest BCUT2D eigenvalue weighted by Gasteiger charge is 2.38. The van der Waals surface area contributed by atoms with Gasteiger partial charge in [-0.1, -0.05) is 6.42 Å². The summed E-state index contributed by atoms with van der Waals surface area (Å²) in [6.45, 7) is 3.36. The highest BCUT2D eigenvalue weighted by molar-refractivity contribution is 4.94. The van der Waals surface area contributed by atoms with Gasteiger partial charge in [0.25, 0.3) is 0 Å². The second-order valence-electron chi connectivity index (χ2n) is 7.12. The summed E-state index contributed by atoms with van der Waals surface area (Å²) < 4.78 is 14.2. The Hall–Kier alpha value is -0.190. The highest BCUT2D eigenvalue weighted by Crippen LogP contribution is 2.35. The van der Waals surface area contributed by atoms with Gasteiger partial charge in [-0.25, -0.2) is 4.39 Å². The number of alkyl halides is 1. The van der Waals surface area contributed by atoms with E-state index in [4.69, 9.17) is 5.73 Å². The first-order valence-electron chi connectivity index (χ1n) is 8.60. The number of fused-ring (bicyclic) bond motifs is 4. The molecule has 0 aromatic rings. The Bertz CT molecular complexity index is 312. The summed E-state index contributed by atoms with van der Waals surface area (Å²) in [5.74, 6) is 0.400. The second-order valence-corrected chi connectivity index (χ2v) is 7.12. The van der Waals surface area contributed by atoms with Crippen LogP contribution >= 0.6 is 0 Å². The van der Waals surface area contributed by atoms with Crippen molar-refractivity contribution in [1.29, 1.82) is 0 Å². The lowest BCUT2D eigenvalue weighted by Gasteiger charge is -2.42. The van der Waals surface area contributed by atoms with E-state index in [1.807, 2.05) is 0 Å². The van der Waals surface area contributed by atoms with Gasteiger partial charge in [0.05, 0.1) is 0 Å². The molecule has 3 N–H and O–H groups in total. The van der Waals surface area contributed by atoms with Crippen molar-refractivity contribution in [1.82, 2.24) is 10.2 Å². The fourth-order valence-electron chi connectivity index (χ4n) is 4.57. The lowest BCUT2D eigenvalue weighted by atomic mass is 9.78. The first-order valence-corrected chi connectivity index (χ1v) is 8.60. The van der Waals surface area contributed by atoms with Gasteiger partial charge in [-0.2, -0.15) is 0 Å². The molecular formula is C16H30FN3. The maximum absolute atomic E-state index is 14.2. The summed E-state index contributed by atoms with van der Waals surface area (Å²) >= 11 is 0. The lowest BCUT2D eigenvalue weighted by Crippen LogP contribution is -2.50. The summed E-state index contributed by atoms with van der Waals surface area (Å²) in [4.78, 5) is 2.60. The van der Waals surface area contributed by atoms with Gasteiger partial charge in [0.2, 0.25) is 0 Å². The predicted octanol–water partition coefficient (Wildman–Crippen LogP) is 2.06. The van der Waals surface area contributed by atoms with Crippen molar-refractivity contribution in [2.45, 2.75) is 75.7 Å². The first-order chi connectivity index (χ1) is 9.74. The zero-order chi connectivity index (χ0) is 13.9. The van der Waals surface area contributed by atoms with E-state index in [0.29, 0.717) is 24.4 Å². The Morgan fingerprint density at radius 3 is 2.80 bits per heavy atom. The topological polar surface area (TPSA) is 41.3 Å². The zero-order valence-electron chi connectivity index (χ0n) is 12.6. The maximum Gasteiger partial charge on any atom is 0.102 e. The van der Waals surface area contributed by atoms with Crippen LogP contribution in [0.2, 0.25) is 0 Å². The van der Waals surface area contributed by atoms with E-state index in [1.165, 1.54) is 25.7 Å². The average Bonchev–Trinajstić information content (AvgIpc) is 2.89. The minimum absolute atomic E-state index is 0.205. The van der Waals surface area contributed by atoms with E-state index in [0.717, 1.165) is 38.9 Å². The van der Waals surface area contributed by atoms with E-state index in [-0.39, 0.29) is 6.04 Å². The number of halogens is 1. The summed E-state index contributed by atoms with van der Waals surface area (Å²) in [6, 6.07) is 1.27. The average molecular weight is 283 g/mol.